The average Bonchev–Trinajstić information content (AvgIpc) is 2.65. The Bertz CT molecular complexity index is 178. The summed E-state index contributed by atoms with van der Waals surface area (Å²) in [6.07, 6.45) is 2.41. The first kappa shape index (κ1) is 10.1. The van der Waals surface area contributed by atoms with Crippen LogP contribution in [-0.4, -0.2) is 41.9 Å². The van der Waals surface area contributed by atoms with Gasteiger partial charge in [0.1, 0.15) is 0 Å². The number of hydrogen-bond acceptors (Lipinski definition) is 3. The van der Waals surface area contributed by atoms with Crippen molar-refractivity contribution in [2.45, 2.75) is 25.9 Å². The van der Waals surface area contributed by atoms with Gasteiger partial charge in [0.15, 0.2) is 0 Å². The second-order valence-electron chi connectivity index (χ2n) is 3.13. The molecule has 0 aromatic heterocycles. The second kappa shape index (κ2) is 4.91. The predicted octanol–water partition coefficient (Wildman–Crippen LogP) is 0.191. The molecule has 0 amide bonds. The van der Waals surface area contributed by atoms with Crippen LogP contribution in [0.25, 0.3) is 0 Å². The van der Waals surface area contributed by atoms with Gasteiger partial charge in [-0.1, -0.05) is 5.16 Å². The Balaban J connectivity index is 2.38. The minimum atomic E-state index is 0.165. The van der Waals surface area contributed by atoms with Crippen molar-refractivity contribution in [3.05, 3.63) is 0 Å². The van der Waals surface area contributed by atoms with Gasteiger partial charge in [0.2, 0.25) is 5.96 Å². The van der Waals surface area contributed by atoms with Crippen LogP contribution in [0.5, 0.6) is 0 Å². The van der Waals surface area contributed by atoms with Crippen molar-refractivity contribution >= 4 is 5.96 Å². The van der Waals surface area contributed by atoms with Crippen LogP contribution in [-0.2, 0) is 4.74 Å². The van der Waals surface area contributed by atoms with E-state index in [0.717, 1.165) is 26.0 Å². The van der Waals surface area contributed by atoms with E-state index in [2.05, 4.69) is 5.16 Å². The molecule has 5 nitrogen and oxygen atoms in total. The zero-order valence-corrected chi connectivity index (χ0v) is 7.94. The quantitative estimate of drug-likeness (QED) is 0.286. The number of nitrogens with two attached hydrogens (primary N) is 1. The van der Waals surface area contributed by atoms with Crippen molar-refractivity contribution in [1.29, 1.82) is 0 Å². The lowest BCUT2D eigenvalue weighted by Gasteiger charge is -2.23. The van der Waals surface area contributed by atoms with Gasteiger partial charge in [-0.05, 0) is 19.8 Å². The van der Waals surface area contributed by atoms with E-state index in [1.165, 1.54) is 0 Å². The van der Waals surface area contributed by atoms with E-state index in [4.69, 9.17) is 15.7 Å². The molecule has 0 aromatic carbocycles. The number of oxime groups is 1. The normalized spacial score (nSPS) is 23.5. The Morgan fingerprint density at radius 1 is 1.77 bits per heavy atom. The van der Waals surface area contributed by atoms with Crippen LogP contribution in [0.3, 0.4) is 0 Å². The molecule has 1 fully saturated rings. The highest BCUT2D eigenvalue weighted by atomic mass is 16.5. The maximum atomic E-state index is 8.49. The molecule has 1 atom stereocenters. The van der Waals surface area contributed by atoms with Gasteiger partial charge in [0, 0.05) is 19.7 Å². The third kappa shape index (κ3) is 2.77. The van der Waals surface area contributed by atoms with Gasteiger partial charge in [0.05, 0.1) is 6.10 Å². The summed E-state index contributed by atoms with van der Waals surface area (Å²) in [6.45, 7) is 4.24. The van der Waals surface area contributed by atoms with E-state index in [1.54, 1.807) is 4.90 Å². The molecule has 1 heterocycles. The maximum absolute atomic E-state index is 8.49. The molecule has 0 aliphatic carbocycles. The summed E-state index contributed by atoms with van der Waals surface area (Å²) in [5.74, 6) is 0.165. The molecule has 1 unspecified atom stereocenters. The lowest BCUT2D eigenvalue weighted by molar-refractivity contribution is 0.0911. The summed E-state index contributed by atoms with van der Waals surface area (Å²) in [7, 11) is 0. The topological polar surface area (TPSA) is 71.1 Å². The molecular formula is C8H17N3O2. The fourth-order valence-corrected chi connectivity index (χ4v) is 1.48. The van der Waals surface area contributed by atoms with Crippen molar-refractivity contribution in [2.24, 2.45) is 10.9 Å². The Kier molecular flexibility index (Phi) is 3.82. The molecule has 0 bridgehead atoms. The number of nitrogens with zero attached hydrogens (tertiary/aromatic N) is 2. The van der Waals surface area contributed by atoms with Gasteiger partial charge in [-0.15, -0.1) is 0 Å². The van der Waals surface area contributed by atoms with Crippen molar-refractivity contribution in [3.8, 4) is 0 Å². The van der Waals surface area contributed by atoms with Crippen molar-refractivity contribution in [1.82, 2.24) is 4.90 Å². The molecule has 3 N–H and O–H groups in total. The third-order valence-electron chi connectivity index (χ3n) is 2.26. The first-order valence-electron chi connectivity index (χ1n) is 4.62. The summed E-state index contributed by atoms with van der Waals surface area (Å²) in [4.78, 5) is 1.80. The highest BCUT2D eigenvalue weighted by molar-refractivity contribution is 5.77. The van der Waals surface area contributed by atoms with Crippen LogP contribution in [0.15, 0.2) is 5.16 Å². The maximum Gasteiger partial charge on any atom is 0.233 e. The van der Waals surface area contributed by atoms with Crippen LogP contribution in [0.2, 0.25) is 0 Å². The summed E-state index contributed by atoms with van der Waals surface area (Å²) in [5.41, 5.74) is 5.48. The zero-order valence-electron chi connectivity index (χ0n) is 7.94. The molecule has 0 aromatic rings. The molecule has 1 saturated heterocycles. The monoisotopic (exact) mass is 187 g/mol. The van der Waals surface area contributed by atoms with Gasteiger partial charge in [0.25, 0.3) is 0 Å². The Labute approximate surface area is 78.1 Å². The van der Waals surface area contributed by atoms with Gasteiger partial charge in [-0.25, -0.2) is 0 Å². The zero-order chi connectivity index (χ0) is 9.68. The number of ether oxygens (including phenoxy) is 1. The van der Waals surface area contributed by atoms with E-state index in [0.29, 0.717) is 6.54 Å². The van der Waals surface area contributed by atoms with Crippen molar-refractivity contribution in [2.75, 3.05) is 19.7 Å². The fourth-order valence-electron chi connectivity index (χ4n) is 1.48. The summed E-state index contributed by atoms with van der Waals surface area (Å²) >= 11 is 0. The van der Waals surface area contributed by atoms with E-state index in [1.807, 2.05) is 6.92 Å². The molecule has 0 spiro atoms. The summed E-state index contributed by atoms with van der Waals surface area (Å²) in [5, 5.41) is 11.5. The average molecular weight is 187 g/mol. The first-order valence-corrected chi connectivity index (χ1v) is 4.62. The third-order valence-corrected chi connectivity index (χ3v) is 2.26. The van der Waals surface area contributed by atoms with Gasteiger partial charge >= 0.3 is 0 Å². The van der Waals surface area contributed by atoms with Crippen LogP contribution < -0.4 is 5.73 Å². The number of hydrogen-bond donors (Lipinski definition) is 2. The smallest absolute Gasteiger partial charge is 0.233 e. The van der Waals surface area contributed by atoms with Crippen LogP contribution in [0.4, 0.5) is 0 Å². The van der Waals surface area contributed by atoms with Crippen molar-refractivity contribution < 1.29 is 9.94 Å². The highest BCUT2D eigenvalue weighted by Gasteiger charge is 2.19. The fraction of sp³-hybridized carbons (Fsp3) is 0.875. The first-order chi connectivity index (χ1) is 6.27. The molecule has 0 saturated carbocycles. The minimum absolute atomic E-state index is 0.165. The molecule has 76 valence electrons. The van der Waals surface area contributed by atoms with E-state index in [9.17, 15) is 0 Å². The Morgan fingerprint density at radius 2 is 2.54 bits per heavy atom. The largest absolute Gasteiger partial charge is 0.408 e. The Morgan fingerprint density at radius 3 is 3.00 bits per heavy atom. The van der Waals surface area contributed by atoms with E-state index in [-0.39, 0.29) is 12.1 Å². The molecule has 0 radical (unpaired) electrons. The van der Waals surface area contributed by atoms with Crippen LogP contribution in [0.1, 0.15) is 19.8 Å². The van der Waals surface area contributed by atoms with Crippen LogP contribution in [0, 0.1) is 0 Å². The number of rotatable bonds is 3. The Hall–Kier alpha value is -0.970. The SMILES string of the molecule is CCN(CC1CCCO1)C(N)=NO. The number of guanidine groups is 1. The standard InChI is InChI=1S/C8H17N3O2/c1-2-11(8(9)10-12)6-7-4-3-5-13-7/h7,12H,2-6H2,1H3,(H2,9,10). The molecule has 1 rings (SSSR count). The van der Waals surface area contributed by atoms with E-state index < -0.39 is 0 Å². The second-order valence-corrected chi connectivity index (χ2v) is 3.13. The highest BCUT2D eigenvalue weighted by Crippen LogP contribution is 2.12. The summed E-state index contributed by atoms with van der Waals surface area (Å²) < 4.78 is 5.45. The number of likely N-dealkylation sites (N-methyl/N-ethyl adjacent to an activating group) is 1. The lowest BCUT2D eigenvalue weighted by atomic mass is 10.2. The summed E-state index contributed by atoms with van der Waals surface area (Å²) in [6, 6.07) is 0. The van der Waals surface area contributed by atoms with Crippen LogP contribution >= 0.6 is 0 Å². The van der Waals surface area contributed by atoms with E-state index >= 15 is 0 Å². The molecule has 13 heavy (non-hydrogen) atoms. The lowest BCUT2D eigenvalue weighted by Crippen LogP contribution is -2.41. The van der Waals surface area contributed by atoms with Gasteiger partial charge < -0.3 is 20.6 Å². The molecule has 1 aliphatic rings. The molecular weight excluding hydrogens is 170 g/mol. The van der Waals surface area contributed by atoms with Crippen molar-refractivity contribution in [3.63, 3.8) is 0 Å². The van der Waals surface area contributed by atoms with Gasteiger partial charge in [-0.3, -0.25) is 0 Å². The minimum Gasteiger partial charge on any atom is -0.408 e. The molecule has 5 heteroatoms. The predicted molar refractivity (Wildman–Crippen MR) is 49.6 cm³/mol. The molecule has 1 aliphatic heterocycles. The van der Waals surface area contributed by atoms with Gasteiger partial charge in [-0.2, -0.15) is 0 Å².